The van der Waals surface area contributed by atoms with Crippen LogP contribution in [0, 0.1) is 0 Å². The van der Waals surface area contributed by atoms with Crippen LogP contribution in [0.3, 0.4) is 0 Å². The highest BCUT2D eigenvalue weighted by molar-refractivity contribution is 6.45. The molecule has 21 heavy (non-hydrogen) atoms. The number of hydrogen-bond acceptors (Lipinski definition) is 6. The molecule has 1 fully saturated rings. The van der Waals surface area contributed by atoms with Gasteiger partial charge in [-0.15, -0.1) is 0 Å². The lowest BCUT2D eigenvalue weighted by Gasteiger charge is -2.18. The number of aliphatic hydroxyl groups excluding tert-OH is 3. The Kier molecular flexibility index (Phi) is 3.68. The second kappa shape index (κ2) is 5.24. The van der Waals surface area contributed by atoms with Crippen molar-refractivity contribution < 1.29 is 20.1 Å². The van der Waals surface area contributed by atoms with Gasteiger partial charge in [0.25, 0.3) is 5.56 Å². The summed E-state index contributed by atoms with van der Waals surface area (Å²) in [6, 6.07) is 0. The normalized spacial score (nSPS) is 29.4. The molecule has 10 heteroatoms. The second-order valence-corrected chi connectivity index (χ2v) is 5.40. The molecule has 8 nitrogen and oxygen atoms in total. The number of aromatic nitrogens is 3. The molecule has 2 aromatic heterocycles. The van der Waals surface area contributed by atoms with Crippen LogP contribution < -0.4 is 5.56 Å². The van der Waals surface area contributed by atoms with Crippen molar-refractivity contribution in [3.05, 3.63) is 26.7 Å². The Bertz CT molecular complexity index is 745. The van der Waals surface area contributed by atoms with Crippen LogP contribution in [0.2, 0.25) is 10.2 Å². The van der Waals surface area contributed by atoms with Crippen molar-refractivity contribution in [2.75, 3.05) is 6.61 Å². The number of halogens is 2. The summed E-state index contributed by atoms with van der Waals surface area (Å²) in [6.45, 7) is -0.474. The summed E-state index contributed by atoms with van der Waals surface area (Å²) >= 11 is 12.1. The van der Waals surface area contributed by atoms with E-state index in [9.17, 15) is 15.0 Å². The fraction of sp³-hybridized carbons (Fsp3) is 0.455. The maximum absolute atomic E-state index is 11.8. The smallest absolute Gasteiger partial charge is 0.275 e. The molecule has 1 aliphatic rings. The number of nitrogens with zero attached hydrogens (tertiary/aromatic N) is 2. The minimum absolute atomic E-state index is 0.00643. The van der Waals surface area contributed by atoms with E-state index >= 15 is 0 Å². The second-order valence-electron chi connectivity index (χ2n) is 4.66. The lowest BCUT2D eigenvalue weighted by atomic mass is 10.1. The third-order valence-corrected chi connectivity index (χ3v) is 4.32. The third-order valence-electron chi connectivity index (χ3n) is 3.48. The van der Waals surface area contributed by atoms with Crippen LogP contribution in [0.1, 0.15) is 6.23 Å². The molecule has 1 saturated heterocycles. The maximum atomic E-state index is 11.8. The van der Waals surface area contributed by atoms with Gasteiger partial charge in [-0.2, -0.15) is 5.10 Å². The van der Waals surface area contributed by atoms with Gasteiger partial charge in [-0.05, 0) is 0 Å². The van der Waals surface area contributed by atoms with Gasteiger partial charge in [-0.1, -0.05) is 23.2 Å². The lowest BCUT2D eigenvalue weighted by molar-refractivity contribution is -0.0505. The number of rotatable bonds is 2. The van der Waals surface area contributed by atoms with Crippen molar-refractivity contribution in [3.63, 3.8) is 0 Å². The number of fused-ring (bicyclic) bond motifs is 1. The number of H-pyrrole nitrogens is 1. The van der Waals surface area contributed by atoms with Crippen LogP contribution in [0.4, 0.5) is 0 Å². The first-order chi connectivity index (χ1) is 9.97. The zero-order valence-corrected chi connectivity index (χ0v) is 11.9. The summed E-state index contributed by atoms with van der Waals surface area (Å²) < 4.78 is 6.66. The highest BCUT2D eigenvalue weighted by Crippen LogP contribution is 2.39. The van der Waals surface area contributed by atoms with Crippen LogP contribution in [-0.2, 0) is 4.74 Å². The van der Waals surface area contributed by atoms with Gasteiger partial charge >= 0.3 is 0 Å². The Morgan fingerprint density at radius 1 is 1.38 bits per heavy atom. The van der Waals surface area contributed by atoms with Gasteiger partial charge in [-0.3, -0.25) is 9.36 Å². The van der Waals surface area contributed by atoms with Gasteiger partial charge in [0.15, 0.2) is 6.23 Å². The number of aromatic amines is 1. The van der Waals surface area contributed by atoms with E-state index in [1.54, 1.807) is 0 Å². The zero-order valence-electron chi connectivity index (χ0n) is 10.4. The van der Waals surface area contributed by atoms with Crippen LogP contribution in [0.15, 0.2) is 11.0 Å². The average molecular weight is 336 g/mol. The average Bonchev–Trinajstić information content (AvgIpc) is 2.88. The number of nitrogens with one attached hydrogen (secondary N) is 1. The molecule has 0 spiro atoms. The molecule has 0 bridgehead atoms. The molecule has 0 unspecified atom stereocenters. The van der Waals surface area contributed by atoms with Gasteiger partial charge in [0.2, 0.25) is 0 Å². The topological polar surface area (TPSA) is 121 Å². The van der Waals surface area contributed by atoms with Gasteiger partial charge in [0, 0.05) is 0 Å². The standard InChI is InChI=1S/C11H11Cl2N3O5/c12-6-5-3(1-14-15-10(5)20)16(9(6)13)11-8(19)7(18)4(2-17)21-11/h1,4,7-8,11,17-19H,2H2,(H,15,20)/t4-,7-,8-,11-/m1/s1. The SMILES string of the molecule is O=c1[nH]ncc2c1c(Cl)c(Cl)n2[C@@H]1O[C@H](CO)[C@@H](O)[C@H]1O. The van der Waals surface area contributed by atoms with Gasteiger partial charge < -0.3 is 20.1 Å². The van der Waals surface area contributed by atoms with Gasteiger partial charge in [0.1, 0.15) is 23.5 Å². The van der Waals surface area contributed by atoms with E-state index in [1.165, 1.54) is 10.8 Å². The van der Waals surface area contributed by atoms with Gasteiger partial charge in [0.05, 0.1) is 28.7 Å². The van der Waals surface area contributed by atoms with Crippen molar-refractivity contribution in [2.45, 2.75) is 24.5 Å². The number of ether oxygens (including phenoxy) is 1. The first-order valence-electron chi connectivity index (χ1n) is 6.02. The summed E-state index contributed by atoms with van der Waals surface area (Å²) in [4.78, 5) is 11.8. The van der Waals surface area contributed by atoms with E-state index in [2.05, 4.69) is 10.2 Å². The van der Waals surface area contributed by atoms with E-state index < -0.39 is 36.7 Å². The summed E-state index contributed by atoms with van der Waals surface area (Å²) in [6.07, 6.45) is -3.38. The van der Waals surface area contributed by atoms with E-state index in [1.807, 2.05) is 0 Å². The van der Waals surface area contributed by atoms with Gasteiger partial charge in [-0.25, -0.2) is 5.10 Å². The first-order valence-corrected chi connectivity index (χ1v) is 6.78. The zero-order chi connectivity index (χ0) is 15.3. The highest BCUT2D eigenvalue weighted by atomic mass is 35.5. The molecular weight excluding hydrogens is 325 g/mol. The van der Waals surface area contributed by atoms with Crippen molar-refractivity contribution in [3.8, 4) is 0 Å². The molecule has 114 valence electrons. The molecule has 0 amide bonds. The molecule has 0 radical (unpaired) electrons. The Hall–Kier alpha value is -1.16. The molecule has 0 aliphatic carbocycles. The Morgan fingerprint density at radius 3 is 2.71 bits per heavy atom. The molecule has 3 rings (SSSR count). The third kappa shape index (κ3) is 2.07. The van der Waals surface area contributed by atoms with E-state index in [-0.39, 0.29) is 21.1 Å². The summed E-state index contributed by atoms with van der Waals surface area (Å²) in [5.41, 5.74) is -0.284. The molecule has 4 N–H and O–H groups in total. The van der Waals surface area contributed by atoms with Crippen molar-refractivity contribution in [1.29, 1.82) is 0 Å². The largest absolute Gasteiger partial charge is 0.394 e. The van der Waals surface area contributed by atoms with E-state index in [0.717, 1.165) is 0 Å². The number of hydrogen-bond donors (Lipinski definition) is 4. The molecule has 0 saturated carbocycles. The maximum Gasteiger partial charge on any atom is 0.275 e. The minimum atomic E-state index is -1.34. The first kappa shape index (κ1) is 14.8. The van der Waals surface area contributed by atoms with E-state index in [4.69, 9.17) is 33.0 Å². The minimum Gasteiger partial charge on any atom is -0.394 e. The highest BCUT2D eigenvalue weighted by Gasteiger charge is 2.44. The molecule has 0 aromatic carbocycles. The van der Waals surface area contributed by atoms with Crippen molar-refractivity contribution in [1.82, 2.24) is 14.8 Å². The lowest BCUT2D eigenvalue weighted by Crippen LogP contribution is -2.33. The predicted octanol–water partition coefficient (Wildman–Crippen LogP) is -0.357. The predicted molar refractivity (Wildman–Crippen MR) is 73.4 cm³/mol. The van der Waals surface area contributed by atoms with Crippen LogP contribution >= 0.6 is 23.2 Å². The summed E-state index contributed by atoms with van der Waals surface area (Å²) in [7, 11) is 0. The molecule has 1 aliphatic heterocycles. The van der Waals surface area contributed by atoms with Crippen LogP contribution in [-0.4, -0.2) is 55.0 Å². The van der Waals surface area contributed by atoms with Crippen molar-refractivity contribution >= 4 is 34.1 Å². The monoisotopic (exact) mass is 335 g/mol. The molecule has 4 atom stereocenters. The summed E-state index contributed by atoms with van der Waals surface area (Å²) in [5.74, 6) is 0. The summed E-state index contributed by atoms with van der Waals surface area (Å²) in [5, 5.41) is 34.9. The molecule has 2 aromatic rings. The fourth-order valence-corrected chi connectivity index (χ4v) is 3.00. The van der Waals surface area contributed by atoms with Crippen molar-refractivity contribution in [2.24, 2.45) is 0 Å². The van der Waals surface area contributed by atoms with Crippen LogP contribution in [0.5, 0.6) is 0 Å². The molecule has 3 heterocycles. The molecular formula is C11H11Cl2N3O5. The van der Waals surface area contributed by atoms with E-state index in [0.29, 0.717) is 0 Å². The Labute approximate surface area is 127 Å². The fourth-order valence-electron chi connectivity index (χ4n) is 2.44. The van der Waals surface area contributed by atoms with Crippen LogP contribution in [0.25, 0.3) is 10.9 Å². The quantitative estimate of drug-likeness (QED) is 0.595. The Balaban J connectivity index is 2.20. The Morgan fingerprint density at radius 2 is 2.10 bits per heavy atom. The number of aliphatic hydroxyl groups is 3.